The van der Waals surface area contributed by atoms with Crippen molar-refractivity contribution in [3.63, 3.8) is 0 Å². The van der Waals surface area contributed by atoms with Crippen molar-refractivity contribution in [2.75, 3.05) is 112 Å². The van der Waals surface area contributed by atoms with Gasteiger partial charge in [-0.15, -0.1) is 19.3 Å². The molecule has 1 atom stereocenters. The molecule has 0 radical (unpaired) electrons. The van der Waals surface area contributed by atoms with Crippen LogP contribution in [-0.4, -0.2) is 141 Å². The van der Waals surface area contributed by atoms with Gasteiger partial charge in [0.15, 0.2) is 0 Å². The Morgan fingerprint density at radius 2 is 0.938 bits per heavy atom. The molecule has 4 N–H and O–H groups in total. The van der Waals surface area contributed by atoms with Crippen LogP contribution in [0.15, 0.2) is 48.5 Å². The SMILES string of the molecule is C#CCOCCOCCNC(=O)CCC(CCC(=O)NCCOCCOCC#C)(CCC(=O)NCCOCCOCC#C)NC(=O)c1ccc(-c2ccc(OP(C)(=O)SC)cc2)cc1. The highest BCUT2D eigenvalue weighted by Gasteiger charge is 2.34. The van der Waals surface area contributed by atoms with Crippen molar-refractivity contribution >= 4 is 41.6 Å². The fourth-order valence-electron chi connectivity index (χ4n) is 5.79. The maximum absolute atomic E-state index is 14.1. The topological polar surface area (TPSA) is 198 Å². The minimum atomic E-state index is -2.82. The summed E-state index contributed by atoms with van der Waals surface area (Å²) in [6.07, 6.45) is 17.5. The number of amides is 4. The Morgan fingerprint density at radius 1 is 0.578 bits per heavy atom. The van der Waals surface area contributed by atoms with Crippen LogP contribution in [0.5, 0.6) is 5.75 Å². The van der Waals surface area contributed by atoms with Gasteiger partial charge in [-0.25, -0.2) is 0 Å². The van der Waals surface area contributed by atoms with Gasteiger partial charge in [-0.2, -0.15) is 0 Å². The first kappa shape index (κ1) is 55.3. The van der Waals surface area contributed by atoms with Crippen LogP contribution in [-0.2, 0) is 47.4 Å². The van der Waals surface area contributed by atoms with Crippen molar-refractivity contribution in [2.24, 2.45) is 0 Å². The van der Waals surface area contributed by atoms with Crippen LogP contribution in [0.2, 0.25) is 0 Å². The molecule has 18 heteroatoms. The van der Waals surface area contributed by atoms with Crippen LogP contribution in [0.25, 0.3) is 11.1 Å². The van der Waals surface area contributed by atoms with E-state index in [1.807, 2.05) is 12.1 Å². The lowest BCUT2D eigenvalue weighted by Crippen LogP contribution is -2.50. The molecular weight excluding hydrogens is 864 g/mol. The number of hydrogen-bond acceptors (Lipinski definition) is 13. The lowest BCUT2D eigenvalue weighted by Gasteiger charge is -2.35. The van der Waals surface area contributed by atoms with E-state index in [9.17, 15) is 23.7 Å². The number of carbonyl (C=O) groups excluding carboxylic acids is 4. The fourth-order valence-corrected chi connectivity index (χ4v) is 6.85. The highest BCUT2D eigenvalue weighted by molar-refractivity contribution is 8.56. The molecule has 0 spiro atoms. The Balaban J connectivity index is 2.24. The number of hydrogen-bond donors (Lipinski definition) is 4. The summed E-state index contributed by atoms with van der Waals surface area (Å²) < 4.78 is 50.1. The standard InChI is InChI=1S/C46H63N4O12PS/c1-6-26-56-32-35-59-29-23-47-42(51)17-20-46(21-18-43(52)48-24-30-60-36-33-57-27-7-2,22-19-44(53)49-25-31-61-37-34-58-28-8-3)50-45(54)40-11-9-38(10-12-40)39-13-15-41(16-14-39)62-63(4,55)64-5/h1-3,9-16H,17-37H2,4-5H3,(H,47,51)(H,48,52)(H,49,53)(H,50,54). The van der Waals surface area contributed by atoms with E-state index in [0.29, 0.717) is 51.0 Å². The van der Waals surface area contributed by atoms with Gasteiger partial charge in [-0.05, 0) is 60.9 Å². The van der Waals surface area contributed by atoms with Crippen LogP contribution >= 0.6 is 18.0 Å². The highest BCUT2D eigenvalue weighted by Crippen LogP contribution is 2.54. The van der Waals surface area contributed by atoms with Crippen molar-refractivity contribution < 1.29 is 56.7 Å². The predicted octanol–water partition coefficient (Wildman–Crippen LogP) is 4.08. The molecular formula is C46H63N4O12PS. The average molecular weight is 927 g/mol. The van der Waals surface area contributed by atoms with E-state index in [0.717, 1.165) is 22.5 Å². The molecule has 0 fully saturated rings. The Bertz CT molecular complexity index is 1750. The van der Waals surface area contributed by atoms with Gasteiger partial charge in [-0.1, -0.05) is 53.4 Å². The number of nitrogens with one attached hydrogen (secondary N) is 4. The van der Waals surface area contributed by atoms with E-state index in [1.54, 1.807) is 49.3 Å². The highest BCUT2D eigenvalue weighted by atomic mass is 32.7. The summed E-state index contributed by atoms with van der Waals surface area (Å²) in [6, 6.07) is 14.1. The molecule has 16 nitrogen and oxygen atoms in total. The molecule has 2 aromatic carbocycles. The Morgan fingerprint density at radius 3 is 1.30 bits per heavy atom. The van der Waals surface area contributed by atoms with Crippen LogP contribution in [0.1, 0.15) is 48.9 Å². The van der Waals surface area contributed by atoms with Crippen LogP contribution in [0, 0.1) is 37.0 Å². The molecule has 2 rings (SSSR count). The summed E-state index contributed by atoms with van der Waals surface area (Å²) in [6.45, 7) is 2.56. The van der Waals surface area contributed by atoms with Crippen LogP contribution in [0.3, 0.4) is 0 Å². The van der Waals surface area contributed by atoms with Gasteiger partial charge in [0.1, 0.15) is 25.6 Å². The maximum atomic E-state index is 14.1. The summed E-state index contributed by atoms with van der Waals surface area (Å²) in [5.41, 5.74) is 0.822. The fraction of sp³-hybridized carbons (Fsp3) is 0.522. The van der Waals surface area contributed by atoms with Crippen molar-refractivity contribution in [3.05, 3.63) is 54.1 Å². The minimum Gasteiger partial charge on any atom is -0.436 e. The predicted molar refractivity (Wildman–Crippen MR) is 248 cm³/mol. The van der Waals surface area contributed by atoms with Gasteiger partial charge in [-0.3, -0.25) is 23.7 Å². The van der Waals surface area contributed by atoms with Gasteiger partial charge in [0.05, 0.1) is 59.5 Å². The first-order valence-corrected chi connectivity index (χ1v) is 24.8. The largest absolute Gasteiger partial charge is 0.436 e. The zero-order valence-electron chi connectivity index (χ0n) is 37.0. The minimum absolute atomic E-state index is 0.0248. The number of rotatable bonds is 36. The number of carbonyl (C=O) groups is 4. The second-order valence-electron chi connectivity index (χ2n) is 14.0. The van der Waals surface area contributed by atoms with Crippen LogP contribution < -0.4 is 25.8 Å². The third kappa shape index (κ3) is 25.4. The molecule has 0 aliphatic rings. The van der Waals surface area contributed by atoms with Crippen molar-refractivity contribution in [1.29, 1.82) is 0 Å². The second-order valence-corrected chi connectivity index (χ2v) is 19.2. The monoisotopic (exact) mass is 926 g/mol. The van der Waals surface area contributed by atoms with E-state index in [-0.39, 0.29) is 116 Å². The summed E-state index contributed by atoms with van der Waals surface area (Å²) in [5.74, 6) is 6.25. The van der Waals surface area contributed by atoms with E-state index in [1.165, 1.54) is 0 Å². The lowest BCUT2D eigenvalue weighted by molar-refractivity contribution is -0.121. The maximum Gasteiger partial charge on any atom is 0.300 e. The van der Waals surface area contributed by atoms with Gasteiger partial charge >= 0.3 is 0 Å². The van der Waals surface area contributed by atoms with E-state index >= 15 is 0 Å². The second kappa shape index (κ2) is 33.6. The summed E-state index contributed by atoms with van der Waals surface area (Å²) >= 11 is 1.16. The van der Waals surface area contributed by atoms with Crippen molar-refractivity contribution in [3.8, 4) is 53.9 Å². The molecule has 0 aliphatic carbocycles. The van der Waals surface area contributed by atoms with Gasteiger partial charge < -0.3 is 54.2 Å². The number of terminal acetylenes is 3. The quantitative estimate of drug-likeness (QED) is 0.0434. The van der Waals surface area contributed by atoms with Crippen LogP contribution in [0.4, 0.5) is 0 Å². The van der Waals surface area contributed by atoms with E-state index in [4.69, 9.17) is 52.2 Å². The molecule has 0 bridgehead atoms. The molecule has 350 valence electrons. The molecule has 2 aromatic rings. The summed E-state index contributed by atoms with van der Waals surface area (Å²) in [5, 5.41) is 11.6. The van der Waals surface area contributed by atoms with Gasteiger partial charge in [0.2, 0.25) is 17.7 Å². The normalized spacial score (nSPS) is 11.9. The number of benzene rings is 2. The smallest absolute Gasteiger partial charge is 0.300 e. The zero-order chi connectivity index (χ0) is 46.7. The van der Waals surface area contributed by atoms with Gasteiger partial charge in [0, 0.05) is 56.7 Å². The molecule has 0 aromatic heterocycles. The third-order valence-corrected chi connectivity index (χ3v) is 12.6. The first-order chi connectivity index (χ1) is 31.0. The third-order valence-electron chi connectivity index (χ3n) is 9.19. The summed E-state index contributed by atoms with van der Waals surface area (Å²) in [7, 11) is 0. The van der Waals surface area contributed by atoms with E-state index < -0.39 is 18.0 Å². The zero-order valence-corrected chi connectivity index (χ0v) is 38.7. The molecule has 64 heavy (non-hydrogen) atoms. The Labute approximate surface area is 382 Å². The molecule has 0 saturated carbocycles. The lowest BCUT2D eigenvalue weighted by atomic mass is 9.82. The Hall–Kier alpha value is -4.86. The molecule has 0 heterocycles. The van der Waals surface area contributed by atoms with E-state index in [2.05, 4.69) is 39.0 Å². The van der Waals surface area contributed by atoms with Crippen molar-refractivity contribution in [1.82, 2.24) is 21.3 Å². The molecule has 0 saturated heterocycles. The molecule has 1 unspecified atom stereocenters. The first-order valence-electron chi connectivity index (χ1n) is 20.9. The molecule has 0 aliphatic heterocycles. The summed E-state index contributed by atoms with van der Waals surface area (Å²) in [4.78, 5) is 53.6. The average Bonchev–Trinajstić information content (AvgIpc) is 3.29. The van der Waals surface area contributed by atoms with Crippen molar-refractivity contribution in [2.45, 2.75) is 44.1 Å². The van der Waals surface area contributed by atoms with Gasteiger partial charge in [0.25, 0.3) is 12.5 Å². The molecule has 4 amide bonds. The number of ether oxygens (including phenoxy) is 6. The Kier molecular flexibility index (Phi) is 29.0.